The Bertz CT molecular complexity index is 782. The summed E-state index contributed by atoms with van der Waals surface area (Å²) in [5, 5.41) is 4.29. The van der Waals surface area contributed by atoms with Gasteiger partial charge >= 0.3 is 0 Å². The number of thiazole rings is 1. The van der Waals surface area contributed by atoms with Crippen molar-refractivity contribution >= 4 is 38.3 Å². The highest BCUT2D eigenvalue weighted by molar-refractivity contribution is 9.10. The Morgan fingerprint density at radius 1 is 1.48 bits per heavy atom. The Morgan fingerprint density at radius 2 is 2.22 bits per heavy atom. The van der Waals surface area contributed by atoms with Gasteiger partial charge in [0.1, 0.15) is 0 Å². The van der Waals surface area contributed by atoms with Gasteiger partial charge in [0.05, 0.1) is 5.69 Å². The van der Waals surface area contributed by atoms with Crippen molar-refractivity contribution in [1.29, 1.82) is 0 Å². The summed E-state index contributed by atoms with van der Waals surface area (Å²) < 4.78 is 1.02. The Balaban J connectivity index is 1.84. The summed E-state index contributed by atoms with van der Waals surface area (Å²) in [4.78, 5) is 22.4. The molecule has 2 aromatic rings. The van der Waals surface area contributed by atoms with E-state index in [1.54, 1.807) is 4.90 Å². The number of benzene rings is 1. The molecule has 1 saturated heterocycles. The molecule has 1 unspecified atom stereocenters. The van der Waals surface area contributed by atoms with E-state index in [0.29, 0.717) is 24.6 Å². The van der Waals surface area contributed by atoms with Gasteiger partial charge in [-0.2, -0.15) is 0 Å². The minimum Gasteiger partial charge on any atom is -0.288 e. The summed E-state index contributed by atoms with van der Waals surface area (Å²) in [5.41, 5.74) is 10.3. The number of aromatic nitrogens is 1. The minimum absolute atomic E-state index is 0.0410. The molecule has 3 rings (SSSR count). The van der Waals surface area contributed by atoms with Crippen LogP contribution in [0.4, 0.5) is 5.13 Å². The third-order valence-corrected chi connectivity index (χ3v) is 5.26. The fraction of sp³-hybridized carbons (Fsp3) is 0.333. The van der Waals surface area contributed by atoms with E-state index in [1.807, 2.05) is 31.2 Å². The van der Waals surface area contributed by atoms with Crippen molar-refractivity contribution in [3.05, 3.63) is 44.1 Å². The first-order valence-electron chi connectivity index (χ1n) is 7.13. The monoisotopic (exact) mass is 391 g/mol. The van der Waals surface area contributed by atoms with Crippen LogP contribution >= 0.6 is 27.3 Å². The summed E-state index contributed by atoms with van der Waals surface area (Å²) in [6, 6.07) is 7.97. The zero-order valence-corrected chi connectivity index (χ0v) is 14.8. The minimum atomic E-state index is 0.0410. The first-order chi connectivity index (χ1) is 11.1. The number of azide groups is 1. The van der Waals surface area contributed by atoms with Crippen LogP contribution in [-0.4, -0.2) is 24.0 Å². The third-order valence-electron chi connectivity index (χ3n) is 3.74. The molecule has 1 aliphatic rings. The van der Waals surface area contributed by atoms with Gasteiger partial charge in [-0.3, -0.25) is 9.69 Å². The molecular formula is C15H14BrN5OS. The van der Waals surface area contributed by atoms with Crippen LogP contribution < -0.4 is 4.90 Å². The van der Waals surface area contributed by atoms with Crippen LogP contribution in [0.15, 0.2) is 33.9 Å². The van der Waals surface area contributed by atoms with Gasteiger partial charge in [0.2, 0.25) is 5.91 Å². The van der Waals surface area contributed by atoms with Gasteiger partial charge in [-0.05, 0) is 30.5 Å². The molecule has 23 heavy (non-hydrogen) atoms. The molecule has 6 nitrogen and oxygen atoms in total. The molecule has 0 aliphatic carbocycles. The molecule has 0 bridgehead atoms. The van der Waals surface area contributed by atoms with E-state index in [9.17, 15) is 4.79 Å². The molecule has 0 radical (unpaired) electrons. The second-order valence-corrected chi connectivity index (χ2v) is 7.49. The fourth-order valence-corrected chi connectivity index (χ4v) is 3.84. The van der Waals surface area contributed by atoms with Crippen molar-refractivity contribution in [3.8, 4) is 11.3 Å². The van der Waals surface area contributed by atoms with E-state index in [-0.39, 0.29) is 11.8 Å². The van der Waals surface area contributed by atoms with E-state index in [2.05, 4.69) is 30.9 Å². The predicted octanol–water partition coefficient (Wildman–Crippen LogP) is 4.54. The highest BCUT2D eigenvalue weighted by Gasteiger charge is 2.32. The molecule has 2 heterocycles. The number of rotatable bonds is 4. The van der Waals surface area contributed by atoms with Gasteiger partial charge in [0, 0.05) is 39.3 Å². The summed E-state index contributed by atoms with van der Waals surface area (Å²) in [5.74, 6) is 0.109. The predicted molar refractivity (Wildman–Crippen MR) is 94.5 cm³/mol. The number of hydrogen-bond donors (Lipinski definition) is 0. The molecule has 0 spiro atoms. The Morgan fingerprint density at radius 3 is 2.91 bits per heavy atom. The normalized spacial score (nSPS) is 17.4. The number of halogens is 1. The zero-order valence-electron chi connectivity index (χ0n) is 12.4. The van der Waals surface area contributed by atoms with E-state index in [1.165, 1.54) is 11.3 Å². The summed E-state index contributed by atoms with van der Waals surface area (Å²) in [6.07, 6.45) is 0.408. The van der Waals surface area contributed by atoms with Gasteiger partial charge in [0.25, 0.3) is 0 Å². The standard InChI is InChI=1S/C15H14BrN5OS/c1-9-14(11-2-4-12(16)5-3-11)19-15(23-9)21-8-10(6-13(21)22)7-18-20-17/h2-5,10H,6-8H2,1H3. The van der Waals surface area contributed by atoms with Crippen molar-refractivity contribution in [2.75, 3.05) is 18.0 Å². The highest BCUT2D eigenvalue weighted by Crippen LogP contribution is 2.35. The topological polar surface area (TPSA) is 82.0 Å². The molecule has 8 heteroatoms. The first kappa shape index (κ1) is 16.0. The Kier molecular flexibility index (Phi) is 4.66. The van der Waals surface area contributed by atoms with Gasteiger partial charge in [-0.25, -0.2) is 4.98 Å². The molecule has 1 atom stereocenters. The summed E-state index contributed by atoms with van der Waals surface area (Å²) in [7, 11) is 0. The molecule has 0 N–H and O–H groups in total. The van der Waals surface area contributed by atoms with Gasteiger partial charge in [-0.1, -0.05) is 33.2 Å². The summed E-state index contributed by atoms with van der Waals surface area (Å²) in [6.45, 7) is 2.92. The molecule has 0 saturated carbocycles. The number of anilines is 1. The lowest BCUT2D eigenvalue weighted by molar-refractivity contribution is -0.117. The quantitative estimate of drug-likeness (QED) is 0.435. The molecule has 1 aromatic carbocycles. The average molecular weight is 392 g/mol. The largest absolute Gasteiger partial charge is 0.288 e. The second-order valence-electron chi connectivity index (χ2n) is 5.40. The maximum absolute atomic E-state index is 12.2. The number of hydrogen-bond acceptors (Lipinski definition) is 4. The molecule has 1 aliphatic heterocycles. The van der Waals surface area contributed by atoms with Crippen molar-refractivity contribution in [3.63, 3.8) is 0 Å². The first-order valence-corrected chi connectivity index (χ1v) is 8.74. The van der Waals surface area contributed by atoms with E-state index >= 15 is 0 Å². The van der Waals surface area contributed by atoms with Crippen LogP contribution in [0, 0.1) is 12.8 Å². The molecule has 1 amide bonds. The average Bonchev–Trinajstić information content (AvgIpc) is 3.09. The SMILES string of the molecule is Cc1sc(N2CC(CN=[N+]=[N-])CC2=O)nc1-c1ccc(Br)cc1. The number of aryl methyl sites for hydroxylation is 1. The van der Waals surface area contributed by atoms with Crippen LogP contribution in [0.3, 0.4) is 0 Å². The highest BCUT2D eigenvalue weighted by atomic mass is 79.9. The van der Waals surface area contributed by atoms with Crippen LogP contribution in [0.1, 0.15) is 11.3 Å². The van der Waals surface area contributed by atoms with Gasteiger partial charge < -0.3 is 0 Å². The van der Waals surface area contributed by atoms with E-state index < -0.39 is 0 Å². The van der Waals surface area contributed by atoms with E-state index in [0.717, 1.165) is 20.6 Å². The Labute approximate surface area is 145 Å². The molecule has 118 valence electrons. The molecule has 1 fully saturated rings. The number of amides is 1. The van der Waals surface area contributed by atoms with Crippen LogP contribution in [0.25, 0.3) is 21.7 Å². The number of nitrogens with zero attached hydrogens (tertiary/aromatic N) is 5. The number of carbonyl (C=O) groups excluding carboxylic acids is 1. The lowest BCUT2D eigenvalue weighted by atomic mass is 10.1. The van der Waals surface area contributed by atoms with Crippen LogP contribution in [-0.2, 0) is 4.79 Å². The second kappa shape index (κ2) is 6.70. The summed E-state index contributed by atoms with van der Waals surface area (Å²) >= 11 is 4.94. The van der Waals surface area contributed by atoms with Crippen LogP contribution in [0.5, 0.6) is 0 Å². The zero-order chi connectivity index (χ0) is 16.4. The fourth-order valence-electron chi connectivity index (χ4n) is 2.61. The smallest absolute Gasteiger partial charge is 0.229 e. The van der Waals surface area contributed by atoms with Crippen LogP contribution in [0.2, 0.25) is 0 Å². The van der Waals surface area contributed by atoms with Gasteiger partial charge in [-0.15, -0.1) is 11.3 Å². The van der Waals surface area contributed by atoms with Crippen molar-refractivity contribution in [1.82, 2.24) is 4.98 Å². The third kappa shape index (κ3) is 3.39. The van der Waals surface area contributed by atoms with Gasteiger partial charge in [0.15, 0.2) is 5.13 Å². The van der Waals surface area contributed by atoms with Crippen molar-refractivity contribution in [2.24, 2.45) is 11.0 Å². The van der Waals surface area contributed by atoms with E-state index in [4.69, 9.17) is 5.53 Å². The lowest BCUT2D eigenvalue weighted by Gasteiger charge is -2.12. The Hall–Kier alpha value is -1.89. The maximum atomic E-state index is 12.2. The molecule has 1 aromatic heterocycles. The van der Waals surface area contributed by atoms with Crippen molar-refractivity contribution < 1.29 is 4.79 Å². The van der Waals surface area contributed by atoms with Crippen molar-refractivity contribution in [2.45, 2.75) is 13.3 Å². The maximum Gasteiger partial charge on any atom is 0.229 e. The molecular weight excluding hydrogens is 378 g/mol. The number of carbonyl (C=O) groups is 1. The lowest BCUT2D eigenvalue weighted by Crippen LogP contribution is -2.24.